The van der Waals surface area contributed by atoms with Crippen molar-refractivity contribution in [3.8, 4) is 11.1 Å². The number of fused-ring (bicyclic) bond motifs is 4. The maximum Gasteiger partial charge on any atom is 0.228 e. The number of nitrogen functional groups attached to an aromatic ring is 1. The number of hydrogen-bond donors (Lipinski definition) is 3. The average Bonchev–Trinajstić information content (AvgIpc) is 3.63. The van der Waals surface area contributed by atoms with E-state index in [0.29, 0.717) is 58.7 Å². The fourth-order valence-electron chi connectivity index (χ4n) is 6.44. The van der Waals surface area contributed by atoms with Crippen molar-refractivity contribution in [2.45, 2.75) is 18.1 Å². The van der Waals surface area contributed by atoms with Gasteiger partial charge in [-0.1, -0.05) is 35.1 Å². The zero-order valence-corrected chi connectivity index (χ0v) is 22.9. The van der Waals surface area contributed by atoms with Crippen LogP contribution in [0.25, 0.3) is 32.2 Å². The second kappa shape index (κ2) is 8.71. The summed E-state index contributed by atoms with van der Waals surface area (Å²) in [5.74, 6) is 1.30. The molecule has 2 fully saturated rings. The topological polar surface area (TPSA) is 121 Å². The summed E-state index contributed by atoms with van der Waals surface area (Å²) in [5, 5.41) is 15.2. The highest BCUT2D eigenvalue weighted by molar-refractivity contribution is 7.22. The van der Waals surface area contributed by atoms with Gasteiger partial charge in [-0.2, -0.15) is 4.98 Å². The molecule has 1 unspecified atom stereocenters. The van der Waals surface area contributed by atoms with Crippen molar-refractivity contribution in [2.75, 3.05) is 54.8 Å². The number of piperazine rings is 1. The molecule has 0 saturated carbocycles. The lowest BCUT2D eigenvalue weighted by Gasteiger charge is -2.49. The quantitative estimate of drug-likeness (QED) is 0.295. The van der Waals surface area contributed by atoms with Gasteiger partial charge in [0.05, 0.1) is 20.8 Å². The Bertz CT molecular complexity index is 1810. The molecule has 0 aliphatic carbocycles. The zero-order valence-electron chi connectivity index (χ0n) is 21.3. The van der Waals surface area contributed by atoms with Crippen LogP contribution in [0.5, 0.6) is 0 Å². The monoisotopic (exact) mass is 577 g/mol. The lowest BCUT2D eigenvalue weighted by Crippen LogP contribution is -2.62. The van der Waals surface area contributed by atoms with E-state index in [4.69, 9.17) is 27.3 Å². The van der Waals surface area contributed by atoms with E-state index in [-0.39, 0.29) is 21.6 Å². The molecular weight excluding hydrogens is 553 g/mol. The number of aromatic nitrogens is 5. The van der Waals surface area contributed by atoms with Gasteiger partial charge >= 0.3 is 0 Å². The van der Waals surface area contributed by atoms with Gasteiger partial charge in [-0.15, -0.1) is 0 Å². The van der Waals surface area contributed by atoms with Crippen LogP contribution in [-0.4, -0.2) is 68.9 Å². The van der Waals surface area contributed by atoms with Crippen LogP contribution in [0.3, 0.4) is 0 Å². The van der Waals surface area contributed by atoms with Crippen LogP contribution in [0.4, 0.5) is 21.3 Å². The summed E-state index contributed by atoms with van der Waals surface area (Å²) in [6.45, 7) is 4.27. The number of thiazole rings is 1. The first-order valence-electron chi connectivity index (χ1n) is 13.2. The van der Waals surface area contributed by atoms with Gasteiger partial charge in [-0.25, -0.2) is 19.3 Å². The van der Waals surface area contributed by atoms with E-state index in [1.807, 2.05) is 29.3 Å². The number of nitrogens with two attached hydrogens (primary N) is 1. The predicted molar refractivity (Wildman–Crippen MR) is 155 cm³/mol. The van der Waals surface area contributed by atoms with Crippen LogP contribution in [0.2, 0.25) is 5.02 Å². The number of aliphatic hydroxyl groups is 1. The fourth-order valence-corrected chi connectivity index (χ4v) is 7.50. The Morgan fingerprint density at radius 3 is 2.77 bits per heavy atom. The van der Waals surface area contributed by atoms with Gasteiger partial charge in [-0.05, 0) is 12.1 Å². The molecule has 3 aliphatic heterocycles. The van der Waals surface area contributed by atoms with E-state index >= 15 is 4.39 Å². The summed E-state index contributed by atoms with van der Waals surface area (Å²) in [4.78, 5) is 22.8. The first kappa shape index (κ1) is 24.2. The Kier molecular flexibility index (Phi) is 5.28. The number of para-hydroxylation sites is 1. The molecule has 0 radical (unpaired) electrons. The Hall–Kier alpha value is -3.58. The molecule has 5 aromatic rings. The Labute approximate surface area is 237 Å². The first-order valence-corrected chi connectivity index (χ1v) is 14.4. The van der Waals surface area contributed by atoms with E-state index in [9.17, 15) is 5.11 Å². The Morgan fingerprint density at radius 1 is 1.12 bits per heavy atom. The van der Waals surface area contributed by atoms with Crippen molar-refractivity contribution in [2.24, 2.45) is 0 Å². The van der Waals surface area contributed by atoms with Crippen molar-refractivity contribution in [3.05, 3.63) is 53.3 Å². The second-order valence-corrected chi connectivity index (χ2v) is 12.2. The predicted octanol–water partition coefficient (Wildman–Crippen LogP) is 3.54. The molecule has 3 aliphatic rings. The van der Waals surface area contributed by atoms with E-state index in [0.717, 1.165) is 30.9 Å². The molecule has 4 N–H and O–H groups in total. The number of nitrogens with zero attached hydrogens (tertiary/aromatic N) is 7. The van der Waals surface area contributed by atoms with Crippen molar-refractivity contribution in [1.29, 1.82) is 0 Å². The minimum atomic E-state index is -0.601. The van der Waals surface area contributed by atoms with Crippen molar-refractivity contribution < 1.29 is 9.50 Å². The molecule has 40 heavy (non-hydrogen) atoms. The molecular formula is C27H25ClFN9OS. The highest BCUT2D eigenvalue weighted by atomic mass is 35.5. The van der Waals surface area contributed by atoms with Crippen molar-refractivity contribution in [3.63, 3.8) is 0 Å². The van der Waals surface area contributed by atoms with Gasteiger partial charge in [0.25, 0.3) is 0 Å². The summed E-state index contributed by atoms with van der Waals surface area (Å²) < 4.78 is 19.6. The average molecular weight is 578 g/mol. The smallest absolute Gasteiger partial charge is 0.228 e. The molecule has 10 nitrogen and oxygen atoms in total. The zero-order chi connectivity index (χ0) is 27.2. The van der Waals surface area contributed by atoms with Crippen LogP contribution in [0, 0.1) is 5.82 Å². The number of halogens is 2. The minimum Gasteiger partial charge on any atom is -0.385 e. The number of rotatable bonds is 3. The van der Waals surface area contributed by atoms with Gasteiger partial charge in [0.15, 0.2) is 10.9 Å². The van der Waals surface area contributed by atoms with Gasteiger partial charge < -0.3 is 30.5 Å². The summed E-state index contributed by atoms with van der Waals surface area (Å²) in [5.41, 5.74) is 7.37. The number of imidazole rings is 1. The third-order valence-corrected chi connectivity index (χ3v) is 9.43. The van der Waals surface area contributed by atoms with Crippen LogP contribution >= 0.6 is 22.9 Å². The molecule has 2 saturated heterocycles. The maximum absolute atomic E-state index is 16.6. The molecule has 8 rings (SSSR count). The van der Waals surface area contributed by atoms with Crippen molar-refractivity contribution >= 4 is 61.0 Å². The number of benzene rings is 2. The van der Waals surface area contributed by atoms with Crippen LogP contribution in [0.1, 0.15) is 18.3 Å². The molecule has 0 amide bonds. The summed E-state index contributed by atoms with van der Waals surface area (Å²) in [7, 11) is 0. The van der Waals surface area contributed by atoms with E-state index < -0.39 is 11.9 Å². The van der Waals surface area contributed by atoms with Crippen LogP contribution < -0.4 is 20.9 Å². The SMILES string of the molecule is Nc1nc2c(-c3c(Cl)cc4c(N5CCNCC5)nc(N5CC6(CC(O)c7nccn76)C5)nc4c3F)cccc2s1. The molecule has 1 atom stereocenters. The number of anilines is 3. The van der Waals surface area contributed by atoms with E-state index in [2.05, 4.69) is 24.8 Å². The highest BCUT2D eigenvalue weighted by Gasteiger charge is 2.52. The standard InChI is InChI=1S/C27H25ClFN9OS/c28-16-10-15-22(20(29)19(16)14-2-1-3-18-21(14)33-25(30)40-18)34-26(35-23(15)36-7-4-31-5-8-36)37-12-27(13-37)11-17(39)24-32-6-9-38(24)27/h1-3,6,9-10,17,31,39H,4-5,7-8,11-13H2,(H2,30,33). The van der Waals surface area contributed by atoms with E-state index in [1.54, 1.807) is 12.3 Å². The lowest BCUT2D eigenvalue weighted by atomic mass is 9.87. The molecule has 6 heterocycles. The Balaban J connectivity index is 1.28. The number of aliphatic hydroxyl groups excluding tert-OH is 1. The fraction of sp³-hybridized carbons (Fsp3) is 0.333. The summed E-state index contributed by atoms with van der Waals surface area (Å²) in [6.07, 6.45) is 3.61. The summed E-state index contributed by atoms with van der Waals surface area (Å²) >= 11 is 8.16. The highest BCUT2D eigenvalue weighted by Crippen LogP contribution is 2.47. The molecule has 0 bridgehead atoms. The second-order valence-electron chi connectivity index (χ2n) is 10.7. The van der Waals surface area contributed by atoms with Crippen LogP contribution in [0.15, 0.2) is 36.7 Å². The van der Waals surface area contributed by atoms with Gasteiger partial charge in [0.1, 0.15) is 23.3 Å². The third-order valence-electron chi connectivity index (χ3n) is 8.28. The third kappa shape index (κ3) is 3.46. The Morgan fingerprint density at radius 2 is 1.95 bits per heavy atom. The normalized spacial score (nSPS) is 20.0. The number of hydrogen-bond acceptors (Lipinski definition) is 10. The molecule has 204 valence electrons. The van der Waals surface area contributed by atoms with Crippen LogP contribution in [-0.2, 0) is 5.54 Å². The molecule has 2 aromatic carbocycles. The van der Waals surface area contributed by atoms with Gasteiger partial charge in [-0.3, -0.25) is 0 Å². The first-order chi connectivity index (χ1) is 19.4. The molecule has 1 spiro atoms. The largest absolute Gasteiger partial charge is 0.385 e. The lowest BCUT2D eigenvalue weighted by molar-refractivity contribution is 0.128. The maximum atomic E-state index is 16.6. The molecule has 13 heteroatoms. The summed E-state index contributed by atoms with van der Waals surface area (Å²) in [6, 6.07) is 7.35. The number of nitrogens with one attached hydrogen (secondary N) is 1. The molecule has 3 aromatic heterocycles. The van der Waals surface area contributed by atoms with Gasteiger partial charge in [0, 0.05) is 74.6 Å². The van der Waals surface area contributed by atoms with Gasteiger partial charge in [0.2, 0.25) is 5.95 Å². The van der Waals surface area contributed by atoms with E-state index in [1.165, 1.54) is 11.3 Å². The minimum absolute atomic E-state index is 0.217. The van der Waals surface area contributed by atoms with Crippen molar-refractivity contribution in [1.82, 2.24) is 29.8 Å².